The van der Waals surface area contributed by atoms with Crippen LogP contribution in [-0.4, -0.2) is 17.1 Å². The third kappa shape index (κ3) is 5.68. The van der Waals surface area contributed by atoms with Crippen molar-refractivity contribution in [2.24, 2.45) is 0 Å². The second-order valence-corrected chi connectivity index (χ2v) is 5.65. The largest absolute Gasteiger partial charge is 0.481 e. The molecule has 0 fully saturated rings. The third-order valence-electron chi connectivity index (χ3n) is 3.22. The standard InChI is InChI=1S/C17H17F2N3O2S/c1-10-3-6-13(9-15(10)19)20-17(25)22-21-16(23)11(2)24-14-7-4-12(18)5-8-14/h3-9,11H,1-2H3,(H,21,23)(H2,20,22,25)/t11-/m0/s1. The van der Waals surface area contributed by atoms with Crippen LogP contribution >= 0.6 is 12.2 Å². The second-order valence-electron chi connectivity index (χ2n) is 5.25. The smallest absolute Gasteiger partial charge is 0.279 e. The number of rotatable bonds is 4. The van der Waals surface area contributed by atoms with Crippen LogP contribution in [0.3, 0.4) is 0 Å². The zero-order valence-corrected chi connectivity index (χ0v) is 14.4. The van der Waals surface area contributed by atoms with Gasteiger partial charge in [-0.25, -0.2) is 8.78 Å². The topological polar surface area (TPSA) is 62.4 Å². The van der Waals surface area contributed by atoms with Crippen LogP contribution in [0.4, 0.5) is 14.5 Å². The summed E-state index contributed by atoms with van der Waals surface area (Å²) in [6.07, 6.45) is -0.836. The highest BCUT2D eigenvalue weighted by Gasteiger charge is 2.15. The van der Waals surface area contributed by atoms with Crippen LogP contribution in [-0.2, 0) is 4.79 Å². The van der Waals surface area contributed by atoms with Crippen LogP contribution in [0.25, 0.3) is 0 Å². The predicted octanol–water partition coefficient (Wildman–Crippen LogP) is 3.06. The van der Waals surface area contributed by atoms with E-state index in [0.717, 1.165) is 0 Å². The average molecular weight is 365 g/mol. The number of thiocarbonyl (C=S) groups is 1. The first-order valence-electron chi connectivity index (χ1n) is 7.40. The van der Waals surface area contributed by atoms with E-state index in [-0.39, 0.29) is 10.9 Å². The van der Waals surface area contributed by atoms with Gasteiger partial charge >= 0.3 is 0 Å². The Labute approximate surface area is 149 Å². The fourth-order valence-corrected chi connectivity index (χ4v) is 1.99. The Bertz CT molecular complexity index is 769. The second kappa shape index (κ2) is 8.39. The SMILES string of the molecule is Cc1ccc(NC(=S)NNC(=O)[C@H](C)Oc2ccc(F)cc2)cc1F. The van der Waals surface area contributed by atoms with E-state index in [0.29, 0.717) is 17.0 Å². The van der Waals surface area contributed by atoms with E-state index in [9.17, 15) is 13.6 Å². The molecule has 0 saturated carbocycles. The van der Waals surface area contributed by atoms with Crippen LogP contribution in [0.15, 0.2) is 42.5 Å². The minimum Gasteiger partial charge on any atom is -0.481 e. The number of carbonyl (C=O) groups is 1. The van der Waals surface area contributed by atoms with Gasteiger partial charge < -0.3 is 10.1 Å². The molecule has 0 bridgehead atoms. The summed E-state index contributed by atoms with van der Waals surface area (Å²) in [6, 6.07) is 9.88. The average Bonchev–Trinajstić information content (AvgIpc) is 2.58. The van der Waals surface area contributed by atoms with Gasteiger partial charge in [-0.15, -0.1) is 0 Å². The van der Waals surface area contributed by atoms with Crippen LogP contribution in [0.1, 0.15) is 12.5 Å². The summed E-state index contributed by atoms with van der Waals surface area (Å²) in [4.78, 5) is 11.9. The number of benzene rings is 2. The molecule has 2 aromatic carbocycles. The molecular formula is C17H17F2N3O2S. The molecule has 2 aromatic rings. The van der Waals surface area contributed by atoms with Crippen LogP contribution < -0.4 is 20.9 Å². The lowest BCUT2D eigenvalue weighted by Gasteiger charge is -2.16. The van der Waals surface area contributed by atoms with Crippen molar-refractivity contribution < 1.29 is 18.3 Å². The molecule has 8 heteroatoms. The number of anilines is 1. The van der Waals surface area contributed by atoms with E-state index in [1.165, 1.54) is 37.3 Å². The van der Waals surface area contributed by atoms with Crippen molar-refractivity contribution in [2.45, 2.75) is 20.0 Å². The number of nitrogens with one attached hydrogen (secondary N) is 3. The minimum atomic E-state index is -0.836. The summed E-state index contributed by atoms with van der Waals surface area (Å²) in [5.41, 5.74) is 5.84. The van der Waals surface area contributed by atoms with Gasteiger partial charge in [0, 0.05) is 5.69 Å². The number of halogens is 2. The summed E-state index contributed by atoms with van der Waals surface area (Å²) in [5, 5.41) is 2.83. The maximum absolute atomic E-state index is 13.5. The normalized spacial score (nSPS) is 11.4. The minimum absolute atomic E-state index is 0.0885. The van der Waals surface area contributed by atoms with Gasteiger partial charge in [0.05, 0.1) is 0 Å². The number of carbonyl (C=O) groups excluding carboxylic acids is 1. The van der Waals surface area contributed by atoms with Crippen LogP contribution in [0.5, 0.6) is 5.75 Å². The maximum Gasteiger partial charge on any atom is 0.279 e. The predicted molar refractivity (Wildman–Crippen MR) is 95.1 cm³/mol. The Balaban J connectivity index is 1.80. The van der Waals surface area contributed by atoms with Crippen LogP contribution in [0.2, 0.25) is 0 Å². The van der Waals surface area contributed by atoms with Crippen molar-refractivity contribution in [1.29, 1.82) is 0 Å². The first-order valence-corrected chi connectivity index (χ1v) is 7.81. The number of ether oxygens (including phenoxy) is 1. The zero-order chi connectivity index (χ0) is 18.4. The van der Waals surface area contributed by atoms with Gasteiger partial charge in [-0.2, -0.15) is 0 Å². The lowest BCUT2D eigenvalue weighted by molar-refractivity contribution is -0.127. The molecule has 0 spiro atoms. The van der Waals surface area contributed by atoms with Crippen LogP contribution in [0, 0.1) is 18.6 Å². The molecule has 0 unspecified atom stereocenters. The molecule has 1 amide bonds. The van der Waals surface area contributed by atoms with E-state index in [1.807, 2.05) is 0 Å². The summed E-state index contributed by atoms with van der Waals surface area (Å²) in [6.45, 7) is 3.19. The zero-order valence-electron chi connectivity index (χ0n) is 13.6. The molecule has 0 aliphatic rings. The molecule has 0 aliphatic carbocycles. The summed E-state index contributed by atoms with van der Waals surface area (Å²) in [5.74, 6) is -0.878. The first kappa shape index (κ1) is 18.6. The van der Waals surface area contributed by atoms with E-state index in [1.54, 1.807) is 19.1 Å². The molecule has 0 aromatic heterocycles. The number of hydrazine groups is 1. The summed E-state index contributed by atoms with van der Waals surface area (Å²) >= 11 is 5.02. The molecule has 0 aliphatic heterocycles. The number of aryl methyl sites for hydroxylation is 1. The number of hydrogen-bond acceptors (Lipinski definition) is 3. The number of hydrogen-bond donors (Lipinski definition) is 3. The maximum atomic E-state index is 13.5. The quantitative estimate of drug-likeness (QED) is 0.574. The highest BCUT2D eigenvalue weighted by molar-refractivity contribution is 7.80. The molecule has 25 heavy (non-hydrogen) atoms. The van der Waals surface area contributed by atoms with E-state index >= 15 is 0 Å². The van der Waals surface area contributed by atoms with Gasteiger partial charge in [-0.3, -0.25) is 15.6 Å². The first-order chi connectivity index (χ1) is 11.8. The molecule has 0 saturated heterocycles. The van der Waals surface area contributed by atoms with Gasteiger partial charge in [-0.05, 0) is 68.0 Å². The highest BCUT2D eigenvalue weighted by Crippen LogP contribution is 2.14. The Morgan fingerprint density at radius 3 is 2.44 bits per heavy atom. The van der Waals surface area contributed by atoms with Gasteiger partial charge in [0.1, 0.15) is 17.4 Å². The molecule has 0 heterocycles. The van der Waals surface area contributed by atoms with Crippen molar-refractivity contribution in [2.75, 3.05) is 5.32 Å². The summed E-state index contributed by atoms with van der Waals surface area (Å²) in [7, 11) is 0. The molecule has 132 valence electrons. The Morgan fingerprint density at radius 2 is 1.80 bits per heavy atom. The fraction of sp³-hybridized carbons (Fsp3) is 0.176. The van der Waals surface area contributed by atoms with Gasteiger partial charge in [0.15, 0.2) is 11.2 Å². The lowest BCUT2D eigenvalue weighted by Crippen LogP contribution is -2.48. The highest BCUT2D eigenvalue weighted by atomic mass is 32.1. The van der Waals surface area contributed by atoms with Crippen molar-refractivity contribution in [3.8, 4) is 5.75 Å². The van der Waals surface area contributed by atoms with Crippen molar-refractivity contribution in [3.05, 3.63) is 59.7 Å². The Kier molecular flexibility index (Phi) is 6.24. The molecule has 3 N–H and O–H groups in total. The van der Waals surface area contributed by atoms with E-state index < -0.39 is 17.8 Å². The van der Waals surface area contributed by atoms with Gasteiger partial charge in [0.2, 0.25) is 0 Å². The summed E-state index contributed by atoms with van der Waals surface area (Å²) < 4.78 is 31.7. The van der Waals surface area contributed by atoms with E-state index in [2.05, 4.69) is 16.2 Å². The molecule has 0 radical (unpaired) electrons. The fourth-order valence-electron chi connectivity index (χ4n) is 1.82. The number of amides is 1. The van der Waals surface area contributed by atoms with Crippen molar-refractivity contribution >= 4 is 28.9 Å². The molecule has 1 atom stereocenters. The Hall–Kier alpha value is -2.74. The monoisotopic (exact) mass is 365 g/mol. The Morgan fingerprint density at radius 1 is 1.12 bits per heavy atom. The van der Waals surface area contributed by atoms with E-state index in [4.69, 9.17) is 17.0 Å². The van der Waals surface area contributed by atoms with Gasteiger partial charge in [0.25, 0.3) is 5.91 Å². The van der Waals surface area contributed by atoms with Crippen molar-refractivity contribution in [1.82, 2.24) is 10.9 Å². The molecular weight excluding hydrogens is 348 g/mol. The lowest BCUT2D eigenvalue weighted by atomic mass is 10.2. The third-order valence-corrected chi connectivity index (χ3v) is 3.43. The van der Waals surface area contributed by atoms with Crippen molar-refractivity contribution in [3.63, 3.8) is 0 Å². The van der Waals surface area contributed by atoms with Gasteiger partial charge in [-0.1, -0.05) is 6.07 Å². The molecule has 2 rings (SSSR count). The molecule has 5 nitrogen and oxygen atoms in total.